The van der Waals surface area contributed by atoms with E-state index in [-0.39, 0.29) is 29.3 Å². The molecule has 0 radical (unpaired) electrons. The molecule has 2 saturated heterocycles. The normalized spacial score (nSPS) is 21.5. The Morgan fingerprint density at radius 2 is 1.90 bits per heavy atom. The standard InChI is InChI=1S/C23H37N5O2/c1-18(17-26-12-14-27(15-13-26)20-9-5-6-10-24-20)25-22(30)19-8-7-11-28(19)21(29)16-23(2,3)4/h5-6,9-10,18-19H,7-8,11-17H2,1-4H3,(H,25,30). The zero-order chi connectivity index (χ0) is 21.7. The van der Waals surface area contributed by atoms with Gasteiger partial charge in [0.05, 0.1) is 0 Å². The van der Waals surface area contributed by atoms with Crippen LogP contribution in [-0.2, 0) is 9.59 Å². The van der Waals surface area contributed by atoms with Crippen molar-refractivity contribution in [3.05, 3.63) is 24.4 Å². The predicted octanol–water partition coefficient (Wildman–Crippen LogP) is 2.14. The summed E-state index contributed by atoms with van der Waals surface area (Å²) in [5, 5.41) is 3.16. The first-order valence-electron chi connectivity index (χ1n) is 11.2. The molecular weight excluding hydrogens is 378 g/mol. The number of nitrogens with zero attached hydrogens (tertiary/aromatic N) is 4. The molecule has 2 aliphatic rings. The first kappa shape index (κ1) is 22.5. The van der Waals surface area contributed by atoms with Gasteiger partial charge in [-0.25, -0.2) is 4.98 Å². The van der Waals surface area contributed by atoms with E-state index in [0.29, 0.717) is 13.0 Å². The Morgan fingerprint density at radius 3 is 2.53 bits per heavy atom. The number of piperazine rings is 1. The van der Waals surface area contributed by atoms with E-state index in [9.17, 15) is 9.59 Å². The number of carbonyl (C=O) groups excluding carboxylic acids is 2. The van der Waals surface area contributed by atoms with E-state index in [2.05, 4.69) is 47.8 Å². The van der Waals surface area contributed by atoms with Gasteiger partial charge < -0.3 is 15.1 Å². The van der Waals surface area contributed by atoms with Crippen LogP contribution in [0.15, 0.2) is 24.4 Å². The van der Waals surface area contributed by atoms with Crippen LogP contribution in [0.25, 0.3) is 0 Å². The summed E-state index contributed by atoms with van der Waals surface area (Å²) < 4.78 is 0. The third-order valence-electron chi connectivity index (χ3n) is 5.82. The van der Waals surface area contributed by atoms with Crippen molar-refractivity contribution in [2.45, 2.75) is 59.0 Å². The van der Waals surface area contributed by atoms with E-state index in [4.69, 9.17) is 0 Å². The van der Waals surface area contributed by atoms with Gasteiger partial charge in [0.1, 0.15) is 11.9 Å². The Kier molecular flexibility index (Phi) is 7.34. The number of rotatable bonds is 6. The Bertz CT molecular complexity index is 710. The number of amides is 2. The molecule has 0 aliphatic carbocycles. The second-order valence-corrected chi connectivity index (χ2v) is 9.87. The molecule has 2 amide bonds. The van der Waals surface area contributed by atoms with Crippen molar-refractivity contribution in [1.29, 1.82) is 0 Å². The summed E-state index contributed by atoms with van der Waals surface area (Å²) in [7, 11) is 0. The number of carbonyl (C=O) groups is 2. The van der Waals surface area contributed by atoms with Gasteiger partial charge in [0.25, 0.3) is 0 Å². The van der Waals surface area contributed by atoms with Gasteiger partial charge in [0, 0.05) is 57.9 Å². The maximum Gasteiger partial charge on any atom is 0.243 e. The van der Waals surface area contributed by atoms with Crippen molar-refractivity contribution in [2.24, 2.45) is 5.41 Å². The van der Waals surface area contributed by atoms with Crippen LogP contribution in [0.2, 0.25) is 0 Å². The first-order valence-corrected chi connectivity index (χ1v) is 11.2. The van der Waals surface area contributed by atoms with Crippen LogP contribution in [-0.4, -0.2) is 78.0 Å². The number of nitrogens with one attached hydrogen (secondary N) is 1. The van der Waals surface area contributed by atoms with Crippen LogP contribution in [0.4, 0.5) is 5.82 Å². The molecule has 2 atom stereocenters. The zero-order valence-corrected chi connectivity index (χ0v) is 18.9. The van der Waals surface area contributed by atoms with Gasteiger partial charge in [-0.2, -0.15) is 0 Å². The molecule has 166 valence electrons. The molecule has 1 aromatic heterocycles. The third-order valence-corrected chi connectivity index (χ3v) is 5.82. The summed E-state index contributed by atoms with van der Waals surface area (Å²) >= 11 is 0. The molecule has 0 saturated carbocycles. The molecule has 2 unspecified atom stereocenters. The van der Waals surface area contributed by atoms with E-state index in [1.54, 1.807) is 4.90 Å². The average molecular weight is 416 g/mol. The smallest absolute Gasteiger partial charge is 0.243 e. The van der Waals surface area contributed by atoms with Gasteiger partial charge in [-0.15, -0.1) is 0 Å². The summed E-state index contributed by atoms with van der Waals surface area (Å²) in [5.41, 5.74) is -0.0641. The minimum absolute atomic E-state index is 0.00520. The molecule has 0 spiro atoms. The van der Waals surface area contributed by atoms with Crippen LogP contribution in [0, 0.1) is 5.41 Å². The molecular formula is C23H37N5O2. The lowest BCUT2D eigenvalue weighted by atomic mass is 9.91. The zero-order valence-electron chi connectivity index (χ0n) is 18.9. The van der Waals surface area contributed by atoms with Crippen LogP contribution in [0.3, 0.4) is 0 Å². The van der Waals surface area contributed by atoms with Crippen LogP contribution in [0.5, 0.6) is 0 Å². The summed E-state index contributed by atoms with van der Waals surface area (Å²) in [6.07, 6.45) is 3.97. The van der Waals surface area contributed by atoms with Crippen molar-refractivity contribution >= 4 is 17.6 Å². The van der Waals surface area contributed by atoms with Crippen LogP contribution < -0.4 is 10.2 Å². The first-order chi connectivity index (χ1) is 14.2. The maximum atomic E-state index is 12.9. The van der Waals surface area contributed by atoms with Crippen molar-refractivity contribution in [2.75, 3.05) is 44.2 Å². The Morgan fingerprint density at radius 1 is 1.17 bits per heavy atom. The number of anilines is 1. The van der Waals surface area contributed by atoms with E-state index >= 15 is 0 Å². The molecule has 0 bridgehead atoms. The molecule has 1 N–H and O–H groups in total. The highest BCUT2D eigenvalue weighted by Crippen LogP contribution is 2.25. The molecule has 3 heterocycles. The van der Waals surface area contributed by atoms with Gasteiger partial charge in [0.15, 0.2) is 0 Å². The van der Waals surface area contributed by atoms with E-state index < -0.39 is 0 Å². The molecule has 7 nitrogen and oxygen atoms in total. The number of likely N-dealkylation sites (tertiary alicyclic amines) is 1. The van der Waals surface area contributed by atoms with Crippen LogP contribution >= 0.6 is 0 Å². The Hall–Kier alpha value is -2.15. The van der Waals surface area contributed by atoms with Crippen LogP contribution in [0.1, 0.15) is 47.0 Å². The second-order valence-electron chi connectivity index (χ2n) is 9.87. The number of hydrogen-bond donors (Lipinski definition) is 1. The van der Waals surface area contributed by atoms with Crippen molar-refractivity contribution in [1.82, 2.24) is 20.1 Å². The van der Waals surface area contributed by atoms with Gasteiger partial charge in [-0.05, 0) is 37.3 Å². The van der Waals surface area contributed by atoms with E-state index in [0.717, 1.165) is 51.4 Å². The number of hydrogen-bond acceptors (Lipinski definition) is 5. The second kappa shape index (κ2) is 9.77. The Labute approximate surface area is 180 Å². The topological polar surface area (TPSA) is 68.8 Å². The fraction of sp³-hybridized carbons (Fsp3) is 0.696. The van der Waals surface area contributed by atoms with Gasteiger partial charge >= 0.3 is 0 Å². The highest BCUT2D eigenvalue weighted by atomic mass is 16.2. The van der Waals surface area contributed by atoms with E-state index in [1.807, 2.05) is 24.4 Å². The van der Waals surface area contributed by atoms with Gasteiger partial charge in [0.2, 0.25) is 11.8 Å². The average Bonchev–Trinajstić information content (AvgIpc) is 3.18. The summed E-state index contributed by atoms with van der Waals surface area (Å²) in [5.74, 6) is 1.12. The number of pyridine rings is 1. The third kappa shape index (κ3) is 6.17. The van der Waals surface area contributed by atoms with Gasteiger partial charge in [-0.1, -0.05) is 26.8 Å². The molecule has 1 aromatic rings. The van der Waals surface area contributed by atoms with Gasteiger partial charge in [-0.3, -0.25) is 14.5 Å². The van der Waals surface area contributed by atoms with Crippen molar-refractivity contribution in [3.8, 4) is 0 Å². The lowest BCUT2D eigenvalue weighted by molar-refractivity contribution is -0.140. The minimum atomic E-state index is -0.316. The molecule has 2 aliphatic heterocycles. The summed E-state index contributed by atoms with van der Waals surface area (Å²) in [6.45, 7) is 13.5. The lowest BCUT2D eigenvalue weighted by Gasteiger charge is -2.37. The van der Waals surface area contributed by atoms with E-state index in [1.165, 1.54) is 0 Å². The molecule has 2 fully saturated rings. The summed E-state index contributed by atoms with van der Waals surface area (Å²) in [4.78, 5) is 36.4. The van der Waals surface area contributed by atoms with Crippen molar-refractivity contribution < 1.29 is 9.59 Å². The highest BCUT2D eigenvalue weighted by Gasteiger charge is 2.35. The monoisotopic (exact) mass is 415 g/mol. The molecule has 7 heteroatoms. The largest absolute Gasteiger partial charge is 0.354 e. The summed E-state index contributed by atoms with van der Waals surface area (Å²) in [6, 6.07) is 5.74. The molecule has 0 aromatic carbocycles. The Balaban J connectivity index is 1.45. The minimum Gasteiger partial charge on any atom is -0.354 e. The maximum absolute atomic E-state index is 12.9. The quantitative estimate of drug-likeness (QED) is 0.771. The van der Waals surface area contributed by atoms with Crippen molar-refractivity contribution in [3.63, 3.8) is 0 Å². The lowest BCUT2D eigenvalue weighted by Crippen LogP contribution is -2.53. The SMILES string of the molecule is CC(CN1CCN(c2ccccn2)CC1)NC(=O)C1CCCN1C(=O)CC(C)(C)C. The fourth-order valence-electron chi connectivity index (χ4n) is 4.37. The highest BCUT2D eigenvalue weighted by molar-refractivity contribution is 5.88. The predicted molar refractivity (Wildman–Crippen MR) is 119 cm³/mol. The number of aromatic nitrogens is 1. The molecule has 3 rings (SSSR count). The fourth-order valence-corrected chi connectivity index (χ4v) is 4.37. The molecule has 30 heavy (non-hydrogen) atoms.